The van der Waals surface area contributed by atoms with Gasteiger partial charge in [-0.05, 0) is 30.0 Å². The summed E-state index contributed by atoms with van der Waals surface area (Å²) in [5, 5.41) is 0. The van der Waals surface area contributed by atoms with Crippen LogP contribution < -0.4 is 0 Å². The Bertz CT molecular complexity index is 318. The summed E-state index contributed by atoms with van der Waals surface area (Å²) in [5.74, 6) is 0.746. The standard InChI is InChI=1S/C12H15NO2/c14-12(8-11-3-6-15-9-11)7-10-1-4-13-5-2-10/h1-2,4-5,11H,3,6-9H2. The Balaban J connectivity index is 1.82. The minimum atomic E-state index is 0.303. The second-order valence-corrected chi connectivity index (χ2v) is 4.00. The largest absolute Gasteiger partial charge is 0.381 e. The highest BCUT2D eigenvalue weighted by Gasteiger charge is 2.18. The van der Waals surface area contributed by atoms with Crippen molar-refractivity contribution in [1.82, 2.24) is 4.98 Å². The number of ketones is 1. The van der Waals surface area contributed by atoms with E-state index in [1.54, 1.807) is 12.4 Å². The molecule has 0 bridgehead atoms. The number of carbonyl (C=O) groups excluding carboxylic acids is 1. The third kappa shape index (κ3) is 3.13. The molecule has 3 heteroatoms. The van der Waals surface area contributed by atoms with Gasteiger partial charge in [0.1, 0.15) is 5.78 Å². The molecule has 1 saturated heterocycles. The van der Waals surface area contributed by atoms with Crippen molar-refractivity contribution in [3.63, 3.8) is 0 Å². The van der Waals surface area contributed by atoms with Crippen molar-refractivity contribution in [3.8, 4) is 0 Å². The fourth-order valence-corrected chi connectivity index (χ4v) is 1.87. The molecule has 1 atom stereocenters. The van der Waals surface area contributed by atoms with Crippen LogP contribution in [0.3, 0.4) is 0 Å². The zero-order valence-corrected chi connectivity index (χ0v) is 8.69. The van der Waals surface area contributed by atoms with Gasteiger partial charge in [0.05, 0.1) is 0 Å². The highest BCUT2D eigenvalue weighted by atomic mass is 16.5. The lowest BCUT2D eigenvalue weighted by Gasteiger charge is -2.05. The topological polar surface area (TPSA) is 39.2 Å². The number of rotatable bonds is 4. The number of hydrogen-bond acceptors (Lipinski definition) is 3. The maximum absolute atomic E-state index is 11.7. The van der Waals surface area contributed by atoms with Gasteiger partial charge in [-0.2, -0.15) is 0 Å². The van der Waals surface area contributed by atoms with Gasteiger partial charge in [0.25, 0.3) is 0 Å². The van der Waals surface area contributed by atoms with Crippen LogP contribution in [0.5, 0.6) is 0 Å². The van der Waals surface area contributed by atoms with Crippen LogP contribution >= 0.6 is 0 Å². The molecule has 0 spiro atoms. The Morgan fingerprint density at radius 1 is 1.47 bits per heavy atom. The average Bonchev–Trinajstić information content (AvgIpc) is 2.71. The summed E-state index contributed by atoms with van der Waals surface area (Å²) in [6.45, 7) is 1.56. The van der Waals surface area contributed by atoms with Crippen molar-refractivity contribution >= 4 is 5.78 Å². The summed E-state index contributed by atoms with van der Waals surface area (Å²) in [4.78, 5) is 15.6. The summed E-state index contributed by atoms with van der Waals surface area (Å²) in [7, 11) is 0. The first-order valence-corrected chi connectivity index (χ1v) is 5.33. The van der Waals surface area contributed by atoms with Crippen LogP contribution in [-0.4, -0.2) is 24.0 Å². The van der Waals surface area contributed by atoms with Gasteiger partial charge in [0.15, 0.2) is 0 Å². The van der Waals surface area contributed by atoms with Gasteiger partial charge in [-0.15, -0.1) is 0 Å². The molecule has 1 aromatic heterocycles. The predicted octanol–water partition coefficient (Wildman–Crippen LogP) is 1.62. The van der Waals surface area contributed by atoms with Crippen molar-refractivity contribution in [3.05, 3.63) is 30.1 Å². The normalized spacial score (nSPS) is 20.4. The minimum Gasteiger partial charge on any atom is -0.381 e. The smallest absolute Gasteiger partial charge is 0.137 e. The van der Waals surface area contributed by atoms with E-state index in [0.717, 1.165) is 25.2 Å². The molecule has 0 saturated carbocycles. The molecule has 1 fully saturated rings. The van der Waals surface area contributed by atoms with Crippen LogP contribution in [-0.2, 0) is 16.0 Å². The van der Waals surface area contributed by atoms with E-state index in [1.807, 2.05) is 12.1 Å². The number of hydrogen-bond donors (Lipinski definition) is 0. The van der Waals surface area contributed by atoms with Gasteiger partial charge < -0.3 is 4.74 Å². The fourth-order valence-electron chi connectivity index (χ4n) is 1.87. The summed E-state index contributed by atoms with van der Waals surface area (Å²) < 4.78 is 5.25. The molecule has 3 nitrogen and oxygen atoms in total. The van der Waals surface area contributed by atoms with E-state index in [2.05, 4.69) is 4.98 Å². The second-order valence-electron chi connectivity index (χ2n) is 4.00. The van der Waals surface area contributed by atoms with Gasteiger partial charge in [0, 0.05) is 38.4 Å². The van der Waals surface area contributed by atoms with Crippen LogP contribution in [0.2, 0.25) is 0 Å². The zero-order valence-electron chi connectivity index (χ0n) is 8.69. The van der Waals surface area contributed by atoms with E-state index >= 15 is 0 Å². The number of nitrogens with zero attached hydrogens (tertiary/aromatic N) is 1. The van der Waals surface area contributed by atoms with E-state index in [0.29, 0.717) is 24.5 Å². The summed E-state index contributed by atoms with van der Waals surface area (Å²) >= 11 is 0. The zero-order chi connectivity index (χ0) is 10.5. The maximum Gasteiger partial charge on any atom is 0.137 e. The first-order valence-electron chi connectivity index (χ1n) is 5.33. The molecule has 0 aromatic carbocycles. The molecule has 2 heterocycles. The highest BCUT2D eigenvalue weighted by molar-refractivity contribution is 5.81. The average molecular weight is 205 g/mol. The lowest BCUT2D eigenvalue weighted by molar-refractivity contribution is -0.119. The van der Waals surface area contributed by atoms with E-state index in [4.69, 9.17) is 4.74 Å². The Morgan fingerprint density at radius 2 is 2.27 bits per heavy atom. The monoisotopic (exact) mass is 205 g/mol. The Hall–Kier alpha value is -1.22. The molecular formula is C12H15NO2. The van der Waals surface area contributed by atoms with Crippen molar-refractivity contribution < 1.29 is 9.53 Å². The molecule has 1 unspecified atom stereocenters. The van der Waals surface area contributed by atoms with Crippen molar-refractivity contribution in [2.45, 2.75) is 19.3 Å². The first-order chi connectivity index (χ1) is 7.34. The number of carbonyl (C=O) groups is 1. The van der Waals surface area contributed by atoms with Crippen LogP contribution in [0, 0.1) is 5.92 Å². The molecule has 2 rings (SSSR count). The van der Waals surface area contributed by atoms with E-state index in [-0.39, 0.29) is 0 Å². The summed E-state index contributed by atoms with van der Waals surface area (Å²) in [6.07, 6.45) is 5.66. The van der Waals surface area contributed by atoms with Crippen LogP contribution in [0.15, 0.2) is 24.5 Å². The van der Waals surface area contributed by atoms with E-state index in [1.165, 1.54) is 0 Å². The van der Waals surface area contributed by atoms with Gasteiger partial charge in [-0.1, -0.05) is 0 Å². The molecular weight excluding hydrogens is 190 g/mol. The molecule has 0 amide bonds. The lowest BCUT2D eigenvalue weighted by Crippen LogP contribution is -2.10. The Labute approximate surface area is 89.5 Å². The predicted molar refractivity (Wildman–Crippen MR) is 56.5 cm³/mol. The van der Waals surface area contributed by atoms with E-state index < -0.39 is 0 Å². The highest BCUT2D eigenvalue weighted by Crippen LogP contribution is 2.17. The van der Waals surface area contributed by atoms with Crippen molar-refractivity contribution in [2.75, 3.05) is 13.2 Å². The Kier molecular flexibility index (Phi) is 3.45. The van der Waals surface area contributed by atoms with E-state index in [9.17, 15) is 4.79 Å². The summed E-state index contributed by atoms with van der Waals surface area (Å²) in [6, 6.07) is 3.78. The number of ether oxygens (including phenoxy) is 1. The van der Waals surface area contributed by atoms with Crippen molar-refractivity contribution in [2.24, 2.45) is 5.92 Å². The lowest BCUT2D eigenvalue weighted by atomic mass is 9.98. The van der Waals surface area contributed by atoms with Gasteiger partial charge >= 0.3 is 0 Å². The van der Waals surface area contributed by atoms with Crippen LogP contribution in [0.4, 0.5) is 0 Å². The van der Waals surface area contributed by atoms with Gasteiger partial charge in [0.2, 0.25) is 0 Å². The second kappa shape index (κ2) is 5.03. The maximum atomic E-state index is 11.7. The molecule has 1 aromatic rings. The quantitative estimate of drug-likeness (QED) is 0.749. The van der Waals surface area contributed by atoms with Crippen molar-refractivity contribution in [1.29, 1.82) is 0 Å². The molecule has 1 aliphatic rings. The number of aromatic nitrogens is 1. The molecule has 80 valence electrons. The summed E-state index contributed by atoms with van der Waals surface area (Å²) in [5.41, 5.74) is 1.05. The van der Waals surface area contributed by atoms with Crippen LogP contribution in [0.1, 0.15) is 18.4 Å². The third-order valence-electron chi connectivity index (χ3n) is 2.69. The molecule has 1 aliphatic heterocycles. The Morgan fingerprint density at radius 3 is 2.93 bits per heavy atom. The molecule has 15 heavy (non-hydrogen) atoms. The first kappa shape index (κ1) is 10.3. The van der Waals surface area contributed by atoms with Gasteiger partial charge in [-0.25, -0.2) is 0 Å². The van der Waals surface area contributed by atoms with Crippen LogP contribution in [0.25, 0.3) is 0 Å². The number of pyridine rings is 1. The molecule has 0 aliphatic carbocycles. The SMILES string of the molecule is O=C(Cc1ccncc1)CC1CCOC1. The third-order valence-corrected chi connectivity index (χ3v) is 2.69. The molecule has 0 radical (unpaired) electrons. The van der Waals surface area contributed by atoms with Gasteiger partial charge in [-0.3, -0.25) is 9.78 Å². The minimum absolute atomic E-state index is 0.303. The fraction of sp³-hybridized carbons (Fsp3) is 0.500. The molecule has 0 N–H and O–H groups in total. The number of Topliss-reactive ketones (excluding diaryl/α,β-unsaturated/α-hetero) is 1.